The topological polar surface area (TPSA) is 41.6 Å². The molecule has 0 fully saturated rings. The fourth-order valence-electron chi connectivity index (χ4n) is 2.10. The van der Waals surface area contributed by atoms with E-state index in [-0.39, 0.29) is 18.1 Å². The van der Waals surface area contributed by atoms with Crippen molar-refractivity contribution in [2.75, 3.05) is 25.6 Å². The molecule has 1 aromatic carbocycles. The number of nitrogens with zero attached hydrogens (tertiary/aromatic N) is 1. The number of nitrogens with one attached hydrogen (secondary N) is 1. The van der Waals surface area contributed by atoms with Crippen LogP contribution in [0.15, 0.2) is 24.3 Å². The van der Waals surface area contributed by atoms with Crippen molar-refractivity contribution in [1.29, 1.82) is 0 Å². The van der Waals surface area contributed by atoms with Crippen LogP contribution in [-0.4, -0.2) is 38.8 Å². The van der Waals surface area contributed by atoms with Crippen molar-refractivity contribution in [3.8, 4) is 0 Å². The Labute approximate surface area is 115 Å². The zero-order valence-electron chi connectivity index (χ0n) is 12.4. The Balaban J connectivity index is 2.78. The van der Waals surface area contributed by atoms with Gasteiger partial charge in [-0.2, -0.15) is 0 Å². The third-order valence-electron chi connectivity index (χ3n) is 3.00. The van der Waals surface area contributed by atoms with Gasteiger partial charge < -0.3 is 15.0 Å². The van der Waals surface area contributed by atoms with Crippen LogP contribution in [0.2, 0.25) is 0 Å². The highest BCUT2D eigenvalue weighted by Crippen LogP contribution is 2.18. The molecule has 0 aliphatic heterocycles. The summed E-state index contributed by atoms with van der Waals surface area (Å²) in [6.07, 6.45) is 0. The third kappa shape index (κ3) is 4.56. The number of hydrogen-bond acceptors (Lipinski definition) is 4. The lowest BCUT2D eigenvalue weighted by Crippen LogP contribution is -2.48. The molecule has 0 heterocycles. The van der Waals surface area contributed by atoms with Gasteiger partial charge in [-0.3, -0.25) is 4.79 Å². The maximum absolute atomic E-state index is 11.8. The van der Waals surface area contributed by atoms with Crippen LogP contribution in [0.3, 0.4) is 0 Å². The molecule has 1 rings (SSSR count). The van der Waals surface area contributed by atoms with Crippen molar-refractivity contribution in [3.05, 3.63) is 29.8 Å². The number of benzene rings is 1. The second kappa shape index (κ2) is 7.14. The van der Waals surface area contributed by atoms with E-state index in [0.717, 1.165) is 5.69 Å². The molecule has 0 bridgehead atoms. The largest absolute Gasteiger partial charge is 0.468 e. The minimum absolute atomic E-state index is 0.228. The number of ether oxygens (including phenoxy) is 1. The first kappa shape index (κ1) is 15.5. The van der Waals surface area contributed by atoms with Crippen molar-refractivity contribution < 1.29 is 9.53 Å². The molecule has 0 saturated heterocycles. The van der Waals surface area contributed by atoms with Crippen LogP contribution < -0.4 is 10.2 Å². The molecule has 0 spiro atoms. The maximum atomic E-state index is 11.8. The Morgan fingerprint density at radius 3 is 2.53 bits per heavy atom. The van der Waals surface area contributed by atoms with Gasteiger partial charge >= 0.3 is 5.97 Å². The number of anilines is 1. The van der Waals surface area contributed by atoms with E-state index in [4.69, 9.17) is 4.74 Å². The average Bonchev–Trinajstić information content (AvgIpc) is 2.36. The summed E-state index contributed by atoms with van der Waals surface area (Å²) in [5.74, 6) is -0.228. The number of hydrogen-bond donors (Lipinski definition) is 1. The lowest BCUT2D eigenvalue weighted by molar-refractivity contribution is -0.143. The molecule has 106 valence electrons. The Hall–Kier alpha value is -1.55. The highest BCUT2D eigenvalue weighted by atomic mass is 16.5. The Kier molecular flexibility index (Phi) is 5.83. The van der Waals surface area contributed by atoms with Crippen molar-refractivity contribution in [2.45, 2.75) is 32.9 Å². The maximum Gasteiger partial charge on any atom is 0.324 e. The summed E-state index contributed by atoms with van der Waals surface area (Å²) in [6.45, 7) is 6.68. The molecule has 0 aromatic heterocycles. The summed E-state index contributed by atoms with van der Waals surface area (Å²) < 4.78 is 4.85. The van der Waals surface area contributed by atoms with E-state index in [9.17, 15) is 4.79 Å². The van der Waals surface area contributed by atoms with Gasteiger partial charge in [-0.15, -0.1) is 0 Å². The minimum atomic E-state index is -0.324. The molecule has 1 aromatic rings. The van der Waals surface area contributed by atoms with Gasteiger partial charge in [-0.1, -0.05) is 32.0 Å². The van der Waals surface area contributed by atoms with E-state index in [1.807, 2.05) is 33.0 Å². The summed E-state index contributed by atoms with van der Waals surface area (Å²) in [5, 5.41) is 3.23. The van der Waals surface area contributed by atoms with Gasteiger partial charge in [0.1, 0.15) is 6.04 Å². The molecule has 4 heteroatoms. The second-order valence-electron chi connectivity index (χ2n) is 5.06. The summed E-state index contributed by atoms with van der Waals surface area (Å²) in [4.78, 5) is 13.9. The molecule has 4 nitrogen and oxygen atoms in total. The Morgan fingerprint density at radius 1 is 1.37 bits per heavy atom. The summed E-state index contributed by atoms with van der Waals surface area (Å²) >= 11 is 0. The molecule has 1 unspecified atom stereocenters. The second-order valence-corrected chi connectivity index (χ2v) is 5.06. The van der Waals surface area contributed by atoms with Crippen molar-refractivity contribution >= 4 is 11.7 Å². The first-order valence-electron chi connectivity index (χ1n) is 6.56. The van der Waals surface area contributed by atoms with E-state index in [1.54, 1.807) is 0 Å². The fourth-order valence-corrected chi connectivity index (χ4v) is 2.10. The van der Waals surface area contributed by atoms with Crippen molar-refractivity contribution in [1.82, 2.24) is 5.32 Å². The summed E-state index contributed by atoms with van der Waals surface area (Å²) in [7, 11) is 3.41. The lowest BCUT2D eigenvalue weighted by atomic mass is 10.1. The van der Waals surface area contributed by atoms with Crippen LogP contribution in [0.5, 0.6) is 0 Å². The number of para-hydroxylation sites is 1. The smallest absolute Gasteiger partial charge is 0.324 e. The molecular formula is C15H24N2O2. The number of methoxy groups -OCH3 is 1. The number of esters is 1. The van der Waals surface area contributed by atoms with Crippen molar-refractivity contribution in [3.63, 3.8) is 0 Å². The zero-order chi connectivity index (χ0) is 14.4. The number of rotatable bonds is 6. The zero-order valence-corrected chi connectivity index (χ0v) is 12.4. The normalized spacial score (nSPS) is 12.3. The van der Waals surface area contributed by atoms with E-state index >= 15 is 0 Å². The van der Waals surface area contributed by atoms with E-state index in [0.29, 0.717) is 6.54 Å². The number of carbonyl (C=O) groups excluding carboxylic acids is 1. The van der Waals surface area contributed by atoms with Crippen LogP contribution in [-0.2, 0) is 9.53 Å². The molecular weight excluding hydrogens is 240 g/mol. The van der Waals surface area contributed by atoms with Crippen LogP contribution in [0.25, 0.3) is 0 Å². The van der Waals surface area contributed by atoms with E-state index < -0.39 is 0 Å². The lowest BCUT2D eigenvalue weighted by Gasteiger charge is -2.27. The Bertz CT molecular complexity index is 418. The minimum Gasteiger partial charge on any atom is -0.468 e. The highest BCUT2D eigenvalue weighted by Gasteiger charge is 2.22. The van der Waals surface area contributed by atoms with Gasteiger partial charge in [-0.05, 0) is 18.6 Å². The van der Waals surface area contributed by atoms with Crippen LogP contribution in [0.4, 0.5) is 5.69 Å². The predicted molar refractivity (Wildman–Crippen MR) is 78.5 cm³/mol. The molecule has 0 aliphatic rings. The van der Waals surface area contributed by atoms with Crippen molar-refractivity contribution in [2.24, 2.45) is 0 Å². The van der Waals surface area contributed by atoms with E-state index in [1.165, 1.54) is 12.7 Å². The van der Waals surface area contributed by atoms with E-state index in [2.05, 4.69) is 29.3 Å². The highest BCUT2D eigenvalue weighted by molar-refractivity contribution is 5.76. The molecule has 19 heavy (non-hydrogen) atoms. The predicted octanol–water partition coefficient (Wildman–Crippen LogP) is 1.97. The first-order chi connectivity index (χ1) is 8.95. The fraction of sp³-hybridized carbons (Fsp3) is 0.533. The number of aryl methyl sites for hydroxylation is 1. The van der Waals surface area contributed by atoms with Gasteiger partial charge in [0.05, 0.1) is 7.11 Å². The van der Waals surface area contributed by atoms with Crippen LogP contribution in [0.1, 0.15) is 19.4 Å². The molecule has 1 N–H and O–H groups in total. The standard InChI is InChI=1S/C15H24N2O2/c1-11(2)16-13(15(18)19-5)10-17(4)14-9-7-6-8-12(14)3/h6-9,11,13,16H,10H2,1-5H3. The Morgan fingerprint density at radius 2 is 2.00 bits per heavy atom. The summed E-state index contributed by atoms with van der Waals surface area (Å²) in [6, 6.07) is 8.04. The van der Waals surface area contributed by atoms with Gasteiger partial charge in [0, 0.05) is 25.3 Å². The summed E-state index contributed by atoms with van der Waals surface area (Å²) in [5.41, 5.74) is 2.32. The third-order valence-corrected chi connectivity index (χ3v) is 3.00. The van der Waals surface area contributed by atoms with Gasteiger partial charge in [-0.25, -0.2) is 0 Å². The first-order valence-corrected chi connectivity index (χ1v) is 6.56. The van der Waals surface area contributed by atoms with Crippen LogP contribution >= 0.6 is 0 Å². The molecule has 0 aliphatic carbocycles. The number of carbonyl (C=O) groups is 1. The monoisotopic (exact) mass is 264 g/mol. The molecule has 1 atom stereocenters. The molecule has 0 radical (unpaired) electrons. The van der Waals surface area contributed by atoms with Gasteiger partial charge in [0.2, 0.25) is 0 Å². The van der Waals surface area contributed by atoms with Crippen LogP contribution in [0, 0.1) is 6.92 Å². The molecule has 0 amide bonds. The quantitative estimate of drug-likeness (QED) is 0.798. The molecule has 0 saturated carbocycles. The average molecular weight is 264 g/mol. The van der Waals surface area contributed by atoms with Gasteiger partial charge in [0.15, 0.2) is 0 Å². The SMILES string of the molecule is COC(=O)C(CN(C)c1ccccc1C)NC(C)C. The number of likely N-dealkylation sites (N-methyl/N-ethyl adjacent to an activating group) is 1. The van der Waals surface area contributed by atoms with Gasteiger partial charge in [0.25, 0.3) is 0 Å².